The van der Waals surface area contributed by atoms with Crippen molar-refractivity contribution in [2.24, 2.45) is 0 Å². The van der Waals surface area contributed by atoms with Crippen LogP contribution in [0.4, 0.5) is 10.5 Å². The van der Waals surface area contributed by atoms with Crippen molar-refractivity contribution in [3.8, 4) is 0 Å². The van der Waals surface area contributed by atoms with Crippen molar-refractivity contribution in [2.75, 3.05) is 5.32 Å². The summed E-state index contributed by atoms with van der Waals surface area (Å²) in [7, 11) is 0. The van der Waals surface area contributed by atoms with Crippen molar-refractivity contribution in [3.05, 3.63) is 29.3 Å². The molecule has 2 rings (SSSR count). The topological polar surface area (TPSA) is 61.4 Å². The largest absolute Gasteiger partial charge is 0.391 e. The highest BCUT2D eigenvalue weighted by atomic mass is 35.5. The van der Waals surface area contributed by atoms with E-state index in [0.717, 1.165) is 25.7 Å². The third kappa shape index (κ3) is 3.62. The highest BCUT2D eigenvalue weighted by Gasteiger charge is 2.24. The molecule has 1 saturated carbocycles. The number of hydrogen-bond acceptors (Lipinski definition) is 2. The van der Waals surface area contributed by atoms with Crippen molar-refractivity contribution in [1.82, 2.24) is 5.32 Å². The summed E-state index contributed by atoms with van der Waals surface area (Å²) in [5.41, 5.74) is 0.683. The maximum atomic E-state index is 11.7. The highest BCUT2D eigenvalue weighted by Crippen LogP contribution is 2.18. The van der Waals surface area contributed by atoms with Crippen LogP contribution >= 0.6 is 11.6 Å². The van der Waals surface area contributed by atoms with E-state index in [4.69, 9.17) is 11.6 Å². The molecule has 0 spiro atoms. The third-order valence-corrected chi connectivity index (χ3v) is 3.40. The zero-order valence-electron chi connectivity index (χ0n) is 10.0. The maximum absolute atomic E-state index is 11.7. The molecule has 0 unspecified atom stereocenters. The zero-order valence-corrected chi connectivity index (χ0v) is 10.8. The molecule has 1 fully saturated rings. The smallest absolute Gasteiger partial charge is 0.319 e. The van der Waals surface area contributed by atoms with Gasteiger partial charge in [0.25, 0.3) is 0 Å². The predicted octanol–water partition coefficient (Wildman–Crippen LogP) is 2.77. The number of anilines is 1. The lowest BCUT2D eigenvalue weighted by Gasteiger charge is -2.28. The van der Waals surface area contributed by atoms with Gasteiger partial charge < -0.3 is 15.7 Å². The first-order valence-electron chi connectivity index (χ1n) is 6.16. The summed E-state index contributed by atoms with van der Waals surface area (Å²) in [6, 6.07) is 6.46. The van der Waals surface area contributed by atoms with Crippen LogP contribution in [-0.4, -0.2) is 23.3 Å². The molecule has 0 heterocycles. The van der Waals surface area contributed by atoms with Crippen LogP contribution in [0.1, 0.15) is 25.7 Å². The Morgan fingerprint density at radius 3 is 2.56 bits per heavy atom. The van der Waals surface area contributed by atoms with E-state index in [1.807, 2.05) is 0 Å². The Bertz CT molecular complexity index is 408. The number of benzene rings is 1. The lowest BCUT2D eigenvalue weighted by Crippen LogP contribution is -2.46. The molecule has 0 aliphatic heterocycles. The third-order valence-electron chi connectivity index (χ3n) is 3.15. The number of aliphatic hydroxyl groups excluding tert-OH is 1. The second-order valence-electron chi connectivity index (χ2n) is 4.56. The van der Waals surface area contributed by atoms with Gasteiger partial charge in [-0.2, -0.15) is 0 Å². The standard InChI is InChI=1S/C13H17ClN2O2/c14-9-5-7-10(8-6-9)15-13(18)16-11-3-1-2-4-12(11)17/h5-8,11-12,17H,1-4H2,(H2,15,16,18)/t11-,12-/m1/s1. The number of carbonyl (C=O) groups is 1. The molecule has 1 aromatic carbocycles. The molecule has 2 atom stereocenters. The molecule has 0 radical (unpaired) electrons. The molecular formula is C13H17ClN2O2. The summed E-state index contributed by atoms with van der Waals surface area (Å²) in [6.45, 7) is 0. The molecule has 0 aromatic heterocycles. The van der Waals surface area contributed by atoms with Crippen molar-refractivity contribution in [2.45, 2.75) is 37.8 Å². The lowest BCUT2D eigenvalue weighted by atomic mass is 9.93. The summed E-state index contributed by atoms with van der Waals surface area (Å²) in [5, 5.41) is 15.9. The highest BCUT2D eigenvalue weighted by molar-refractivity contribution is 6.30. The number of hydrogen-bond donors (Lipinski definition) is 3. The van der Waals surface area contributed by atoms with Crippen LogP contribution in [-0.2, 0) is 0 Å². The SMILES string of the molecule is O=C(Nc1ccc(Cl)cc1)N[C@@H]1CCCC[C@H]1O. The van der Waals surface area contributed by atoms with Gasteiger partial charge in [0.05, 0.1) is 12.1 Å². The van der Waals surface area contributed by atoms with E-state index in [0.29, 0.717) is 10.7 Å². The molecule has 0 saturated heterocycles. The average Bonchev–Trinajstić information content (AvgIpc) is 2.35. The lowest BCUT2D eigenvalue weighted by molar-refractivity contribution is 0.0955. The van der Waals surface area contributed by atoms with Crippen LogP contribution in [0.3, 0.4) is 0 Å². The monoisotopic (exact) mass is 268 g/mol. The van der Waals surface area contributed by atoms with Crippen LogP contribution in [0.2, 0.25) is 5.02 Å². The van der Waals surface area contributed by atoms with E-state index >= 15 is 0 Å². The van der Waals surface area contributed by atoms with E-state index in [1.165, 1.54) is 0 Å². The molecule has 1 aromatic rings. The Labute approximate surface area is 111 Å². The predicted molar refractivity (Wildman–Crippen MR) is 71.9 cm³/mol. The minimum absolute atomic E-state index is 0.147. The Kier molecular flexibility index (Phi) is 4.44. The minimum Gasteiger partial charge on any atom is -0.391 e. The summed E-state index contributed by atoms with van der Waals surface area (Å²) in [6.07, 6.45) is 3.22. The molecular weight excluding hydrogens is 252 g/mol. The molecule has 2 amide bonds. The fourth-order valence-corrected chi connectivity index (χ4v) is 2.27. The Hall–Kier alpha value is -1.26. The van der Waals surface area contributed by atoms with E-state index in [2.05, 4.69) is 10.6 Å². The van der Waals surface area contributed by atoms with E-state index in [-0.39, 0.29) is 12.1 Å². The number of rotatable bonds is 2. The first kappa shape index (κ1) is 13.2. The molecule has 98 valence electrons. The number of halogens is 1. The van der Waals surface area contributed by atoms with Crippen molar-refractivity contribution in [1.29, 1.82) is 0 Å². The first-order chi connectivity index (χ1) is 8.65. The second-order valence-corrected chi connectivity index (χ2v) is 5.00. The van der Waals surface area contributed by atoms with Crippen molar-refractivity contribution < 1.29 is 9.90 Å². The van der Waals surface area contributed by atoms with Gasteiger partial charge in [0.2, 0.25) is 0 Å². The van der Waals surface area contributed by atoms with Crippen LogP contribution in [0, 0.1) is 0 Å². The van der Waals surface area contributed by atoms with Crippen LogP contribution in [0.15, 0.2) is 24.3 Å². The number of amides is 2. The summed E-state index contributed by atoms with van der Waals surface area (Å²) < 4.78 is 0. The van der Waals surface area contributed by atoms with Gasteiger partial charge in [-0.15, -0.1) is 0 Å². The van der Waals surface area contributed by atoms with Gasteiger partial charge in [-0.3, -0.25) is 0 Å². The van der Waals surface area contributed by atoms with Gasteiger partial charge in [0, 0.05) is 10.7 Å². The van der Waals surface area contributed by atoms with Gasteiger partial charge in [0.15, 0.2) is 0 Å². The summed E-state index contributed by atoms with van der Waals surface area (Å²) in [5.74, 6) is 0. The maximum Gasteiger partial charge on any atom is 0.319 e. The Balaban J connectivity index is 1.86. The van der Waals surface area contributed by atoms with E-state index in [1.54, 1.807) is 24.3 Å². The molecule has 1 aliphatic carbocycles. The van der Waals surface area contributed by atoms with Gasteiger partial charge in [-0.1, -0.05) is 24.4 Å². The number of aliphatic hydroxyl groups is 1. The van der Waals surface area contributed by atoms with Crippen LogP contribution in [0.25, 0.3) is 0 Å². The van der Waals surface area contributed by atoms with Gasteiger partial charge >= 0.3 is 6.03 Å². The normalized spacial score (nSPS) is 23.4. The molecule has 1 aliphatic rings. The number of carbonyl (C=O) groups excluding carboxylic acids is 1. The second kappa shape index (κ2) is 6.07. The van der Waals surface area contributed by atoms with E-state index in [9.17, 15) is 9.90 Å². The Morgan fingerprint density at radius 2 is 1.89 bits per heavy atom. The van der Waals surface area contributed by atoms with E-state index < -0.39 is 6.10 Å². The molecule has 3 N–H and O–H groups in total. The van der Waals surface area contributed by atoms with Gasteiger partial charge in [-0.05, 0) is 37.1 Å². The summed E-state index contributed by atoms with van der Waals surface area (Å²) >= 11 is 5.76. The van der Waals surface area contributed by atoms with Crippen LogP contribution < -0.4 is 10.6 Å². The number of urea groups is 1. The van der Waals surface area contributed by atoms with Crippen LogP contribution in [0.5, 0.6) is 0 Å². The minimum atomic E-state index is -0.435. The summed E-state index contributed by atoms with van der Waals surface area (Å²) in [4.78, 5) is 11.7. The number of nitrogens with one attached hydrogen (secondary N) is 2. The fourth-order valence-electron chi connectivity index (χ4n) is 2.15. The first-order valence-corrected chi connectivity index (χ1v) is 6.54. The molecule has 0 bridgehead atoms. The molecule has 4 nitrogen and oxygen atoms in total. The van der Waals surface area contributed by atoms with Crippen molar-refractivity contribution in [3.63, 3.8) is 0 Å². The van der Waals surface area contributed by atoms with Crippen molar-refractivity contribution >= 4 is 23.3 Å². The molecule has 18 heavy (non-hydrogen) atoms. The Morgan fingerprint density at radius 1 is 1.22 bits per heavy atom. The average molecular weight is 269 g/mol. The quantitative estimate of drug-likeness (QED) is 0.772. The molecule has 5 heteroatoms. The zero-order chi connectivity index (χ0) is 13.0. The fraction of sp³-hybridized carbons (Fsp3) is 0.462. The van der Waals surface area contributed by atoms with Gasteiger partial charge in [-0.25, -0.2) is 4.79 Å². The van der Waals surface area contributed by atoms with Gasteiger partial charge in [0.1, 0.15) is 0 Å².